The van der Waals surface area contributed by atoms with Crippen LogP contribution in [0.3, 0.4) is 0 Å². The van der Waals surface area contributed by atoms with E-state index in [0.29, 0.717) is 32.2 Å². The Morgan fingerprint density at radius 2 is 1.80 bits per heavy atom. The number of amides is 2. The summed E-state index contributed by atoms with van der Waals surface area (Å²) in [7, 11) is 0. The zero-order chi connectivity index (χ0) is 23.7. The van der Waals surface area contributed by atoms with Gasteiger partial charge in [-0.25, -0.2) is 9.78 Å². The van der Waals surface area contributed by atoms with Crippen LogP contribution in [-0.2, 0) is 4.74 Å². The number of morpholine rings is 1. The molecule has 2 aromatic rings. The maximum Gasteiger partial charge on any atom is 0.321 e. The molecule has 0 unspecified atom stereocenters. The molecular weight excluding hydrogens is 462 g/mol. The van der Waals surface area contributed by atoms with Crippen molar-refractivity contribution >= 4 is 36.8 Å². The summed E-state index contributed by atoms with van der Waals surface area (Å²) in [4.78, 5) is 24.0. The summed E-state index contributed by atoms with van der Waals surface area (Å²) in [6, 6.07) is 10.3. The largest absolute Gasteiger partial charge is 0.389 e. The Kier molecular flexibility index (Phi) is 8.09. The predicted octanol–water partition coefficient (Wildman–Crippen LogP) is 3.45. The molecule has 0 radical (unpaired) electrons. The topological polar surface area (TPSA) is 81.2 Å². The fourth-order valence-corrected chi connectivity index (χ4v) is 4.98. The highest BCUT2D eigenvalue weighted by molar-refractivity contribution is 7.59. The van der Waals surface area contributed by atoms with Crippen molar-refractivity contribution in [3.05, 3.63) is 35.9 Å². The molecule has 3 fully saturated rings. The highest BCUT2D eigenvalue weighted by atomic mass is 32.1. The molecule has 2 amide bonds. The van der Waals surface area contributed by atoms with Crippen molar-refractivity contribution in [2.45, 2.75) is 32.8 Å². The van der Waals surface area contributed by atoms with Crippen molar-refractivity contribution < 1.29 is 14.6 Å². The SMILES string of the molecule is CC[C@@H]1CCN(C(=O)Nc2ccc(C)c(-c3cc(N4CCOCC4)nc(N4CC(O)C4)c3)c2)C1.S. The molecule has 190 valence electrons. The number of anilines is 3. The number of aliphatic hydroxyl groups excluding tert-OH is 1. The second-order valence-electron chi connectivity index (χ2n) is 9.70. The summed E-state index contributed by atoms with van der Waals surface area (Å²) in [6.07, 6.45) is 1.90. The van der Waals surface area contributed by atoms with Crippen LogP contribution in [-0.4, -0.2) is 79.6 Å². The Balaban J connectivity index is 0.00000289. The lowest BCUT2D eigenvalue weighted by atomic mass is 9.99. The van der Waals surface area contributed by atoms with Crippen molar-refractivity contribution in [1.82, 2.24) is 9.88 Å². The smallest absolute Gasteiger partial charge is 0.321 e. The average Bonchev–Trinajstić information content (AvgIpc) is 3.33. The number of urea groups is 1. The highest BCUT2D eigenvalue weighted by Crippen LogP contribution is 2.33. The molecule has 3 saturated heterocycles. The molecule has 3 aliphatic heterocycles. The number of hydrogen-bond donors (Lipinski definition) is 2. The normalized spacial score (nSPS) is 20.4. The second-order valence-corrected chi connectivity index (χ2v) is 9.70. The summed E-state index contributed by atoms with van der Waals surface area (Å²) in [6.45, 7) is 10.1. The van der Waals surface area contributed by atoms with Crippen LogP contribution in [0, 0.1) is 12.8 Å². The Labute approximate surface area is 214 Å². The van der Waals surface area contributed by atoms with E-state index in [-0.39, 0.29) is 25.6 Å². The van der Waals surface area contributed by atoms with Crippen molar-refractivity contribution in [2.24, 2.45) is 5.92 Å². The van der Waals surface area contributed by atoms with Crippen LogP contribution in [0.2, 0.25) is 0 Å². The molecule has 0 saturated carbocycles. The van der Waals surface area contributed by atoms with Gasteiger partial charge in [0.1, 0.15) is 11.6 Å². The standard InChI is InChI=1S/C26H35N5O3.H2S/c1-3-19-6-7-30(15-19)26(33)27-21-5-4-18(2)23(14-21)20-12-24(29-8-10-34-11-9-29)28-25(13-20)31-16-22(32)17-31;/h4-5,12-14,19,22,32H,3,6-11,15-17H2,1-2H3,(H,27,33);1H2/t19-;/m1./s1. The number of aryl methyl sites for hydroxylation is 1. The monoisotopic (exact) mass is 499 g/mol. The molecule has 5 rings (SSSR count). The van der Waals surface area contributed by atoms with Gasteiger partial charge in [0.15, 0.2) is 0 Å². The summed E-state index contributed by atoms with van der Waals surface area (Å²) < 4.78 is 5.53. The van der Waals surface area contributed by atoms with Crippen LogP contribution >= 0.6 is 13.5 Å². The van der Waals surface area contributed by atoms with Gasteiger partial charge in [-0.2, -0.15) is 13.5 Å². The number of ether oxygens (including phenoxy) is 1. The molecule has 35 heavy (non-hydrogen) atoms. The van der Waals surface area contributed by atoms with Gasteiger partial charge in [0.05, 0.1) is 19.3 Å². The first-order chi connectivity index (χ1) is 16.5. The molecule has 1 atom stereocenters. The van der Waals surface area contributed by atoms with Crippen LogP contribution in [0.25, 0.3) is 11.1 Å². The fourth-order valence-electron chi connectivity index (χ4n) is 4.98. The van der Waals surface area contributed by atoms with E-state index in [0.717, 1.165) is 73.0 Å². The molecule has 9 heteroatoms. The first-order valence-electron chi connectivity index (χ1n) is 12.4. The van der Waals surface area contributed by atoms with E-state index in [9.17, 15) is 9.90 Å². The number of pyridine rings is 1. The van der Waals surface area contributed by atoms with Crippen molar-refractivity contribution in [3.8, 4) is 11.1 Å². The van der Waals surface area contributed by atoms with E-state index in [2.05, 4.69) is 53.2 Å². The van der Waals surface area contributed by atoms with Crippen molar-refractivity contribution in [1.29, 1.82) is 0 Å². The minimum absolute atomic E-state index is 0. The minimum Gasteiger partial charge on any atom is -0.389 e. The number of rotatable bonds is 5. The number of nitrogens with one attached hydrogen (secondary N) is 1. The maximum atomic E-state index is 12.8. The molecule has 0 spiro atoms. The van der Waals surface area contributed by atoms with E-state index in [1.165, 1.54) is 0 Å². The van der Waals surface area contributed by atoms with Gasteiger partial charge in [-0.15, -0.1) is 0 Å². The molecule has 2 N–H and O–H groups in total. The predicted molar refractivity (Wildman–Crippen MR) is 145 cm³/mol. The number of hydrogen-bond acceptors (Lipinski definition) is 6. The van der Waals surface area contributed by atoms with Crippen molar-refractivity contribution in [3.63, 3.8) is 0 Å². The number of carbonyl (C=O) groups is 1. The minimum atomic E-state index is -0.296. The number of likely N-dealkylation sites (tertiary alicyclic amines) is 1. The van der Waals surface area contributed by atoms with Crippen molar-refractivity contribution in [2.75, 3.05) is 67.6 Å². The number of benzene rings is 1. The van der Waals surface area contributed by atoms with Crippen LogP contribution in [0.1, 0.15) is 25.3 Å². The lowest BCUT2D eigenvalue weighted by Crippen LogP contribution is -2.51. The van der Waals surface area contributed by atoms with E-state index in [1.807, 2.05) is 11.0 Å². The van der Waals surface area contributed by atoms with E-state index in [1.54, 1.807) is 0 Å². The number of carbonyl (C=O) groups excluding carboxylic acids is 1. The summed E-state index contributed by atoms with van der Waals surface area (Å²) in [5.41, 5.74) is 4.08. The van der Waals surface area contributed by atoms with Crippen LogP contribution in [0.4, 0.5) is 22.1 Å². The van der Waals surface area contributed by atoms with Gasteiger partial charge in [0, 0.05) is 45.0 Å². The lowest BCUT2D eigenvalue weighted by molar-refractivity contribution is 0.122. The first kappa shape index (κ1) is 25.6. The Morgan fingerprint density at radius 3 is 2.46 bits per heavy atom. The van der Waals surface area contributed by atoms with E-state index >= 15 is 0 Å². The lowest BCUT2D eigenvalue weighted by Gasteiger charge is -2.38. The third-order valence-corrected chi connectivity index (χ3v) is 7.27. The van der Waals surface area contributed by atoms with Gasteiger partial charge in [0.25, 0.3) is 0 Å². The number of nitrogens with zero attached hydrogens (tertiary/aromatic N) is 4. The molecule has 0 aliphatic carbocycles. The number of β-amino-alcohol motifs (C(OH)–C–C–N with tert-alkyl or cyclic N) is 1. The quantitative estimate of drug-likeness (QED) is 0.656. The Morgan fingerprint density at radius 1 is 1.09 bits per heavy atom. The molecule has 3 aliphatic rings. The average molecular weight is 500 g/mol. The third kappa shape index (κ3) is 5.68. The third-order valence-electron chi connectivity index (χ3n) is 7.27. The van der Waals surface area contributed by atoms with Gasteiger partial charge < -0.3 is 29.9 Å². The number of aromatic nitrogens is 1. The second kappa shape index (κ2) is 11.1. The Hall–Kier alpha value is -2.49. The zero-order valence-electron chi connectivity index (χ0n) is 20.7. The molecule has 8 nitrogen and oxygen atoms in total. The van der Waals surface area contributed by atoms with Crippen LogP contribution in [0.15, 0.2) is 30.3 Å². The molecular formula is C26H37N5O3S. The summed E-state index contributed by atoms with van der Waals surface area (Å²) >= 11 is 0. The first-order valence-corrected chi connectivity index (χ1v) is 12.4. The zero-order valence-corrected chi connectivity index (χ0v) is 21.7. The summed E-state index contributed by atoms with van der Waals surface area (Å²) in [5.74, 6) is 2.41. The molecule has 4 heterocycles. The molecule has 1 aromatic carbocycles. The van der Waals surface area contributed by atoms with Gasteiger partial charge in [-0.1, -0.05) is 19.4 Å². The Bertz CT molecular complexity index is 1040. The van der Waals surface area contributed by atoms with Gasteiger partial charge >= 0.3 is 6.03 Å². The van der Waals surface area contributed by atoms with E-state index in [4.69, 9.17) is 9.72 Å². The molecule has 0 bridgehead atoms. The maximum absolute atomic E-state index is 12.8. The van der Waals surface area contributed by atoms with Gasteiger partial charge in [-0.3, -0.25) is 0 Å². The van der Waals surface area contributed by atoms with Gasteiger partial charge in [-0.05, 0) is 60.2 Å². The summed E-state index contributed by atoms with van der Waals surface area (Å²) in [5, 5.41) is 12.9. The van der Waals surface area contributed by atoms with E-state index < -0.39 is 0 Å². The van der Waals surface area contributed by atoms with Gasteiger partial charge in [0.2, 0.25) is 0 Å². The fraction of sp³-hybridized carbons (Fsp3) is 0.538. The number of aliphatic hydroxyl groups is 1. The molecule has 1 aromatic heterocycles. The van der Waals surface area contributed by atoms with Crippen LogP contribution in [0.5, 0.6) is 0 Å². The van der Waals surface area contributed by atoms with Crippen LogP contribution < -0.4 is 15.1 Å². The highest BCUT2D eigenvalue weighted by Gasteiger charge is 2.28.